The van der Waals surface area contributed by atoms with Crippen LogP contribution in [0.25, 0.3) is 0 Å². The van der Waals surface area contributed by atoms with E-state index in [0.717, 1.165) is 0 Å². The Balaban J connectivity index is 2.37. The molecule has 1 fully saturated rings. The Morgan fingerprint density at radius 3 is 2.88 bits per heavy atom. The molecule has 0 aromatic heterocycles. The molecule has 1 N–H and O–H groups in total. The Hall–Kier alpha value is -1.10. The number of ether oxygens (including phenoxy) is 1. The minimum Gasteiger partial charge on any atom is -0.383 e. The second-order valence-corrected chi connectivity index (χ2v) is 4.87. The van der Waals surface area contributed by atoms with Gasteiger partial charge in [-0.1, -0.05) is 13.8 Å². The van der Waals surface area contributed by atoms with Crippen molar-refractivity contribution >= 4 is 11.8 Å². The number of nitrogens with zero attached hydrogens (tertiary/aromatic N) is 1. The second kappa shape index (κ2) is 6.59. The highest BCUT2D eigenvalue weighted by Crippen LogP contribution is 2.17. The maximum absolute atomic E-state index is 11.8. The van der Waals surface area contributed by atoms with Gasteiger partial charge in [-0.3, -0.25) is 9.59 Å². The zero-order valence-electron chi connectivity index (χ0n) is 10.9. The lowest BCUT2D eigenvalue weighted by atomic mass is 10.1. The summed E-state index contributed by atoms with van der Waals surface area (Å²) >= 11 is 0. The molecule has 0 radical (unpaired) electrons. The molecule has 5 nitrogen and oxygen atoms in total. The largest absolute Gasteiger partial charge is 0.383 e. The van der Waals surface area contributed by atoms with Gasteiger partial charge in [-0.25, -0.2) is 0 Å². The molecular weight excluding hydrogens is 220 g/mol. The number of hydrogen-bond donors (Lipinski definition) is 1. The van der Waals surface area contributed by atoms with Crippen molar-refractivity contribution < 1.29 is 14.3 Å². The molecule has 1 aliphatic rings. The van der Waals surface area contributed by atoms with E-state index in [-0.39, 0.29) is 17.7 Å². The fraction of sp³-hybridized carbons (Fsp3) is 0.833. The van der Waals surface area contributed by atoms with Gasteiger partial charge >= 0.3 is 0 Å². The van der Waals surface area contributed by atoms with Crippen LogP contribution in [-0.4, -0.2) is 50.1 Å². The van der Waals surface area contributed by atoms with Gasteiger partial charge in [0.05, 0.1) is 12.5 Å². The SMILES string of the molecule is COCCN1C[C@H](C(=O)NCC(C)C)CC1=O. The number of carbonyl (C=O) groups excluding carboxylic acids is 2. The monoisotopic (exact) mass is 242 g/mol. The van der Waals surface area contributed by atoms with Gasteiger partial charge in [0, 0.05) is 33.2 Å². The average Bonchev–Trinajstić information content (AvgIpc) is 2.65. The van der Waals surface area contributed by atoms with Gasteiger partial charge in [0.2, 0.25) is 11.8 Å². The number of carbonyl (C=O) groups is 2. The van der Waals surface area contributed by atoms with Crippen LogP contribution in [0.1, 0.15) is 20.3 Å². The molecule has 1 atom stereocenters. The Kier molecular flexibility index (Phi) is 5.41. The van der Waals surface area contributed by atoms with Crippen molar-refractivity contribution in [2.24, 2.45) is 11.8 Å². The van der Waals surface area contributed by atoms with Crippen molar-refractivity contribution in [1.29, 1.82) is 0 Å². The van der Waals surface area contributed by atoms with Gasteiger partial charge in [-0.15, -0.1) is 0 Å². The zero-order chi connectivity index (χ0) is 12.8. The molecule has 98 valence electrons. The molecule has 17 heavy (non-hydrogen) atoms. The Morgan fingerprint density at radius 1 is 1.59 bits per heavy atom. The van der Waals surface area contributed by atoms with Crippen LogP contribution in [0.5, 0.6) is 0 Å². The highest BCUT2D eigenvalue weighted by atomic mass is 16.5. The Labute approximate surface area is 102 Å². The lowest BCUT2D eigenvalue weighted by molar-refractivity contribution is -0.129. The predicted molar refractivity (Wildman–Crippen MR) is 64.4 cm³/mol. The minimum atomic E-state index is -0.196. The van der Waals surface area contributed by atoms with E-state index in [1.165, 1.54) is 0 Å². The highest BCUT2D eigenvalue weighted by molar-refractivity contribution is 5.89. The highest BCUT2D eigenvalue weighted by Gasteiger charge is 2.33. The molecule has 1 heterocycles. The fourth-order valence-electron chi connectivity index (χ4n) is 1.81. The third-order valence-corrected chi connectivity index (χ3v) is 2.84. The summed E-state index contributed by atoms with van der Waals surface area (Å²) in [7, 11) is 1.60. The van der Waals surface area contributed by atoms with E-state index in [2.05, 4.69) is 5.32 Å². The number of likely N-dealkylation sites (tertiary alicyclic amines) is 1. The minimum absolute atomic E-state index is 0.00744. The molecule has 0 bridgehead atoms. The number of methoxy groups -OCH3 is 1. The summed E-state index contributed by atoms with van der Waals surface area (Å²) in [5.74, 6) is 0.275. The molecule has 1 rings (SSSR count). The predicted octanol–water partition coefficient (Wildman–Crippen LogP) is 0.254. The second-order valence-electron chi connectivity index (χ2n) is 4.87. The van der Waals surface area contributed by atoms with E-state index >= 15 is 0 Å². The molecule has 1 saturated heterocycles. The van der Waals surface area contributed by atoms with Crippen LogP contribution in [0, 0.1) is 11.8 Å². The summed E-state index contributed by atoms with van der Waals surface area (Å²) in [6, 6.07) is 0. The molecule has 5 heteroatoms. The summed E-state index contributed by atoms with van der Waals surface area (Å²) in [6.45, 7) is 6.37. The summed E-state index contributed by atoms with van der Waals surface area (Å²) in [4.78, 5) is 25.1. The molecule has 0 unspecified atom stereocenters. The number of amides is 2. The summed E-state index contributed by atoms with van der Waals surface area (Å²) in [5, 5.41) is 2.87. The number of nitrogens with one attached hydrogen (secondary N) is 1. The van der Waals surface area contributed by atoms with E-state index in [9.17, 15) is 9.59 Å². The summed E-state index contributed by atoms with van der Waals surface area (Å²) < 4.78 is 4.93. The van der Waals surface area contributed by atoms with E-state index in [1.807, 2.05) is 13.8 Å². The zero-order valence-corrected chi connectivity index (χ0v) is 10.9. The van der Waals surface area contributed by atoms with Crippen LogP contribution in [-0.2, 0) is 14.3 Å². The molecule has 1 aliphatic heterocycles. The quantitative estimate of drug-likeness (QED) is 0.726. The van der Waals surface area contributed by atoms with Crippen molar-refractivity contribution in [3.63, 3.8) is 0 Å². The Bertz CT molecular complexity index is 279. The van der Waals surface area contributed by atoms with Crippen LogP contribution in [0.15, 0.2) is 0 Å². The first-order valence-corrected chi connectivity index (χ1v) is 6.09. The first-order valence-electron chi connectivity index (χ1n) is 6.09. The van der Waals surface area contributed by atoms with E-state index in [1.54, 1.807) is 12.0 Å². The van der Waals surface area contributed by atoms with Crippen molar-refractivity contribution in [1.82, 2.24) is 10.2 Å². The smallest absolute Gasteiger partial charge is 0.225 e. The van der Waals surface area contributed by atoms with Crippen LogP contribution < -0.4 is 5.32 Å². The van der Waals surface area contributed by atoms with Crippen molar-refractivity contribution in [2.45, 2.75) is 20.3 Å². The molecule has 0 aromatic carbocycles. The first kappa shape index (κ1) is 14.0. The maximum atomic E-state index is 11.8. The average molecular weight is 242 g/mol. The van der Waals surface area contributed by atoms with Crippen molar-refractivity contribution in [2.75, 3.05) is 33.4 Å². The third-order valence-electron chi connectivity index (χ3n) is 2.84. The third kappa shape index (κ3) is 4.34. The van der Waals surface area contributed by atoms with Gasteiger partial charge < -0.3 is 15.0 Å². The Morgan fingerprint density at radius 2 is 2.29 bits per heavy atom. The summed E-state index contributed by atoms with van der Waals surface area (Å²) in [5.41, 5.74) is 0. The first-order chi connectivity index (χ1) is 8.04. The van der Waals surface area contributed by atoms with E-state index < -0.39 is 0 Å². The topological polar surface area (TPSA) is 58.6 Å². The lowest BCUT2D eigenvalue weighted by Crippen LogP contribution is -2.35. The van der Waals surface area contributed by atoms with Crippen molar-refractivity contribution in [3.8, 4) is 0 Å². The molecule has 0 aromatic rings. The molecular formula is C12H22N2O3. The van der Waals surface area contributed by atoms with Crippen LogP contribution in [0.3, 0.4) is 0 Å². The van der Waals surface area contributed by atoms with Gasteiger partial charge in [0.15, 0.2) is 0 Å². The number of rotatable bonds is 6. The molecule has 0 spiro atoms. The van der Waals surface area contributed by atoms with Gasteiger partial charge in [-0.05, 0) is 5.92 Å². The van der Waals surface area contributed by atoms with Crippen LogP contribution in [0.4, 0.5) is 0 Å². The van der Waals surface area contributed by atoms with Crippen molar-refractivity contribution in [3.05, 3.63) is 0 Å². The van der Waals surface area contributed by atoms with Crippen LogP contribution >= 0.6 is 0 Å². The molecule has 0 saturated carbocycles. The van der Waals surface area contributed by atoms with E-state index in [0.29, 0.717) is 38.6 Å². The van der Waals surface area contributed by atoms with E-state index in [4.69, 9.17) is 4.74 Å². The van der Waals surface area contributed by atoms with Gasteiger partial charge in [0.1, 0.15) is 0 Å². The number of hydrogen-bond acceptors (Lipinski definition) is 3. The normalized spacial score (nSPS) is 20.1. The fourth-order valence-corrected chi connectivity index (χ4v) is 1.81. The summed E-state index contributed by atoms with van der Waals surface area (Å²) in [6.07, 6.45) is 0.327. The lowest BCUT2D eigenvalue weighted by Gasteiger charge is -2.16. The maximum Gasteiger partial charge on any atom is 0.225 e. The van der Waals surface area contributed by atoms with Crippen LogP contribution in [0.2, 0.25) is 0 Å². The molecule has 0 aliphatic carbocycles. The van der Waals surface area contributed by atoms with Gasteiger partial charge in [0.25, 0.3) is 0 Å². The van der Waals surface area contributed by atoms with Gasteiger partial charge in [-0.2, -0.15) is 0 Å². The molecule has 2 amide bonds. The standard InChI is InChI=1S/C12H22N2O3/c1-9(2)7-13-12(16)10-6-11(15)14(8-10)4-5-17-3/h9-10H,4-8H2,1-3H3,(H,13,16)/t10-/m1/s1.